The van der Waals surface area contributed by atoms with E-state index in [2.05, 4.69) is 0 Å². The van der Waals surface area contributed by atoms with Crippen LogP contribution < -0.4 is 9.47 Å². The maximum atomic E-state index is 13.0. The molecule has 1 atom stereocenters. The Balaban J connectivity index is 2.22. The minimum atomic E-state index is -0.672. The molecule has 2 aromatic rings. The Morgan fingerprint density at radius 2 is 2.00 bits per heavy atom. The van der Waals surface area contributed by atoms with E-state index in [-0.39, 0.29) is 6.61 Å². The Morgan fingerprint density at radius 3 is 2.62 bits per heavy atom. The van der Waals surface area contributed by atoms with E-state index in [1.807, 2.05) is 0 Å². The summed E-state index contributed by atoms with van der Waals surface area (Å²) in [5.74, 6) is 0.735. The highest BCUT2D eigenvalue weighted by molar-refractivity contribution is 6.31. The molecule has 0 heterocycles. The molecule has 0 amide bonds. The van der Waals surface area contributed by atoms with Crippen molar-refractivity contribution in [2.75, 3.05) is 7.11 Å². The van der Waals surface area contributed by atoms with Gasteiger partial charge in [0.15, 0.2) is 0 Å². The molecule has 3 nitrogen and oxygen atoms in total. The minimum absolute atomic E-state index is 0.173. The van der Waals surface area contributed by atoms with Crippen LogP contribution in [0.1, 0.15) is 24.2 Å². The van der Waals surface area contributed by atoms with E-state index in [1.165, 1.54) is 12.1 Å². The first-order valence-electron chi connectivity index (χ1n) is 6.44. The third-order valence-electron chi connectivity index (χ3n) is 3.07. The van der Waals surface area contributed by atoms with E-state index in [0.717, 1.165) is 0 Å². The normalized spacial score (nSPS) is 12.0. The van der Waals surface area contributed by atoms with Crippen LogP contribution in [0.5, 0.6) is 11.5 Å². The van der Waals surface area contributed by atoms with Gasteiger partial charge in [-0.1, -0.05) is 17.7 Å². The fourth-order valence-electron chi connectivity index (χ4n) is 1.91. The smallest absolute Gasteiger partial charge is 0.129 e. The van der Waals surface area contributed by atoms with Crippen LogP contribution in [-0.4, -0.2) is 12.2 Å². The molecule has 112 valence electrons. The SMILES string of the molecule is COc1ccc([C@H](C)O)c(OCc2ccc(F)cc2Cl)c1. The number of ether oxygens (including phenoxy) is 2. The summed E-state index contributed by atoms with van der Waals surface area (Å²) in [5.41, 5.74) is 1.31. The van der Waals surface area contributed by atoms with Crippen molar-refractivity contribution < 1.29 is 19.0 Å². The standard InChI is InChI=1S/C16H16ClFO3/c1-10(19)14-6-5-13(20-2)8-16(14)21-9-11-3-4-12(18)7-15(11)17/h3-8,10,19H,9H2,1-2H3/t10-/m0/s1. The van der Waals surface area contributed by atoms with Crippen molar-refractivity contribution >= 4 is 11.6 Å². The molecule has 2 aromatic carbocycles. The number of hydrogen-bond acceptors (Lipinski definition) is 3. The highest BCUT2D eigenvalue weighted by Crippen LogP contribution is 2.30. The number of rotatable bonds is 5. The largest absolute Gasteiger partial charge is 0.497 e. The molecule has 5 heteroatoms. The van der Waals surface area contributed by atoms with Gasteiger partial charge in [0.05, 0.1) is 18.2 Å². The molecule has 2 rings (SSSR count). The monoisotopic (exact) mass is 310 g/mol. The molecule has 0 unspecified atom stereocenters. The lowest BCUT2D eigenvalue weighted by molar-refractivity contribution is 0.190. The van der Waals surface area contributed by atoms with E-state index in [9.17, 15) is 9.50 Å². The Morgan fingerprint density at radius 1 is 1.24 bits per heavy atom. The predicted octanol–water partition coefficient (Wildman–Crippen LogP) is 4.12. The number of aliphatic hydroxyl groups is 1. The molecule has 0 aliphatic heterocycles. The van der Waals surface area contributed by atoms with Crippen molar-refractivity contribution in [1.29, 1.82) is 0 Å². The Labute approximate surface area is 127 Å². The van der Waals surface area contributed by atoms with Crippen LogP contribution in [0, 0.1) is 5.82 Å². The molecule has 0 aromatic heterocycles. The van der Waals surface area contributed by atoms with E-state index < -0.39 is 11.9 Å². The number of hydrogen-bond donors (Lipinski definition) is 1. The van der Waals surface area contributed by atoms with Crippen LogP contribution in [0.3, 0.4) is 0 Å². The van der Waals surface area contributed by atoms with Gasteiger partial charge in [-0.2, -0.15) is 0 Å². The summed E-state index contributed by atoms with van der Waals surface area (Å²) in [5, 5.41) is 10.1. The molecule has 0 radical (unpaired) electrons. The third-order valence-corrected chi connectivity index (χ3v) is 3.42. The van der Waals surface area contributed by atoms with E-state index in [4.69, 9.17) is 21.1 Å². The minimum Gasteiger partial charge on any atom is -0.497 e. The maximum Gasteiger partial charge on any atom is 0.129 e. The van der Waals surface area contributed by atoms with Gasteiger partial charge in [-0.15, -0.1) is 0 Å². The zero-order chi connectivity index (χ0) is 15.4. The van der Waals surface area contributed by atoms with Gasteiger partial charge in [0, 0.05) is 17.2 Å². The van der Waals surface area contributed by atoms with Crippen LogP contribution in [0.25, 0.3) is 0 Å². The molecule has 1 N–H and O–H groups in total. The van der Waals surface area contributed by atoms with Crippen molar-refractivity contribution in [3.05, 3.63) is 58.4 Å². The first-order chi connectivity index (χ1) is 10.0. The maximum absolute atomic E-state index is 13.0. The summed E-state index contributed by atoms with van der Waals surface area (Å²) in [6.07, 6.45) is -0.672. The Bertz CT molecular complexity index is 629. The average molecular weight is 311 g/mol. The first kappa shape index (κ1) is 15.6. The second-order valence-corrected chi connectivity index (χ2v) is 5.01. The van der Waals surface area contributed by atoms with Crippen molar-refractivity contribution in [3.63, 3.8) is 0 Å². The topological polar surface area (TPSA) is 38.7 Å². The molecule has 0 fully saturated rings. The molecule has 0 aliphatic rings. The van der Waals surface area contributed by atoms with E-state index in [0.29, 0.717) is 27.6 Å². The third kappa shape index (κ3) is 3.86. The van der Waals surface area contributed by atoms with Crippen LogP contribution in [0.4, 0.5) is 4.39 Å². The van der Waals surface area contributed by atoms with Gasteiger partial charge in [0.25, 0.3) is 0 Å². The molecule has 0 spiro atoms. The summed E-state index contributed by atoms with van der Waals surface area (Å²) < 4.78 is 23.8. The summed E-state index contributed by atoms with van der Waals surface area (Å²) in [6, 6.07) is 9.32. The van der Waals surface area contributed by atoms with Crippen molar-refractivity contribution in [3.8, 4) is 11.5 Å². The lowest BCUT2D eigenvalue weighted by Gasteiger charge is -2.15. The Hall–Kier alpha value is -1.78. The predicted molar refractivity (Wildman–Crippen MR) is 79.4 cm³/mol. The summed E-state index contributed by atoms with van der Waals surface area (Å²) in [6.45, 7) is 1.82. The molecule has 0 aliphatic carbocycles. The number of halogens is 2. The molecule has 0 bridgehead atoms. The second-order valence-electron chi connectivity index (χ2n) is 4.60. The van der Waals surface area contributed by atoms with Crippen molar-refractivity contribution in [2.24, 2.45) is 0 Å². The fourth-order valence-corrected chi connectivity index (χ4v) is 2.13. The van der Waals surface area contributed by atoms with Gasteiger partial charge in [-0.3, -0.25) is 0 Å². The quantitative estimate of drug-likeness (QED) is 0.903. The highest BCUT2D eigenvalue weighted by atomic mass is 35.5. The number of benzene rings is 2. The molecular weight excluding hydrogens is 295 g/mol. The summed E-state index contributed by atoms with van der Waals surface area (Å²) in [4.78, 5) is 0. The van der Waals surface area contributed by atoms with Gasteiger partial charge in [-0.25, -0.2) is 4.39 Å². The van der Waals surface area contributed by atoms with Crippen molar-refractivity contribution in [2.45, 2.75) is 19.6 Å². The second kappa shape index (κ2) is 6.78. The molecule has 0 saturated heterocycles. The van der Waals surface area contributed by atoms with Gasteiger partial charge in [-0.05, 0) is 31.2 Å². The lowest BCUT2D eigenvalue weighted by Crippen LogP contribution is -2.02. The van der Waals surface area contributed by atoms with Gasteiger partial charge in [0.2, 0.25) is 0 Å². The average Bonchev–Trinajstić information content (AvgIpc) is 2.45. The van der Waals surface area contributed by atoms with E-state index in [1.54, 1.807) is 38.3 Å². The molecular formula is C16H16ClFO3. The van der Waals surface area contributed by atoms with Crippen LogP contribution in [0.2, 0.25) is 5.02 Å². The van der Waals surface area contributed by atoms with Gasteiger partial charge < -0.3 is 14.6 Å². The fraction of sp³-hybridized carbons (Fsp3) is 0.250. The van der Waals surface area contributed by atoms with Gasteiger partial charge in [0.1, 0.15) is 23.9 Å². The zero-order valence-corrected chi connectivity index (χ0v) is 12.5. The number of methoxy groups -OCH3 is 1. The summed E-state index contributed by atoms with van der Waals surface area (Å²) >= 11 is 5.96. The van der Waals surface area contributed by atoms with Crippen LogP contribution >= 0.6 is 11.6 Å². The van der Waals surface area contributed by atoms with Gasteiger partial charge >= 0.3 is 0 Å². The lowest BCUT2D eigenvalue weighted by atomic mass is 10.1. The number of aliphatic hydroxyl groups excluding tert-OH is 1. The summed E-state index contributed by atoms with van der Waals surface area (Å²) in [7, 11) is 1.55. The zero-order valence-electron chi connectivity index (χ0n) is 11.8. The Kier molecular flexibility index (Phi) is 5.04. The van der Waals surface area contributed by atoms with Crippen LogP contribution in [-0.2, 0) is 6.61 Å². The first-order valence-corrected chi connectivity index (χ1v) is 6.81. The highest BCUT2D eigenvalue weighted by Gasteiger charge is 2.12. The molecule has 0 saturated carbocycles. The van der Waals surface area contributed by atoms with E-state index >= 15 is 0 Å². The van der Waals surface area contributed by atoms with Crippen LogP contribution in [0.15, 0.2) is 36.4 Å². The molecule has 21 heavy (non-hydrogen) atoms. The van der Waals surface area contributed by atoms with Crippen molar-refractivity contribution in [1.82, 2.24) is 0 Å².